The molecule has 2 aromatic rings. The summed E-state index contributed by atoms with van der Waals surface area (Å²) < 4.78 is 15.8. The van der Waals surface area contributed by atoms with Gasteiger partial charge in [0.1, 0.15) is 0 Å². The number of carbonyl (C=O) groups is 1. The first-order valence-corrected chi connectivity index (χ1v) is 8.97. The van der Waals surface area contributed by atoms with E-state index >= 15 is 0 Å². The van der Waals surface area contributed by atoms with E-state index in [1.165, 1.54) is 6.26 Å². The Labute approximate surface area is 158 Å². The van der Waals surface area contributed by atoms with Crippen LogP contribution >= 0.6 is 11.6 Å². The monoisotopic (exact) mass is 378 g/mol. The molecule has 1 unspecified atom stereocenters. The lowest BCUT2D eigenvalue weighted by Gasteiger charge is -2.33. The molecule has 1 atom stereocenters. The normalized spacial score (nSPS) is 17.2. The first-order chi connectivity index (χ1) is 12.6. The molecule has 3 rings (SSSR count). The van der Waals surface area contributed by atoms with E-state index < -0.39 is 0 Å². The van der Waals surface area contributed by atoms with Crippen LogP contribution in [-0.4, -0.2) is 44.2 Å². The number of furan rings is 1. The zero-order valence-electron chi connectivity index (χ0n) is 15.0. The molecule has 1 aliphatic heterocycles. The molecule has 140 valence electrons. The number of nitrogens with one attached hydrogen (secondary N) is 1. The van der Waals surface area contributed by atoms with Crippen molar-refractivity contribution in [2.24, 2.45) is 0 Å². The van der Waals surface area contributed by atoms with E-state index in [4.69, 9.17) is 25.5 Å². The van der Waals surface area contributed by atoms with E-state index in [9.17, 15) is 4.79 Å². The maximum atomic E-state index is 12.4. The number of hydrogen-bond donors (Lipinski definition) is 1. The van der Waals surface area contributed by atoms with Gasteiger partial charge in [0, 0.05) is 25.7 Å². The highest BCUT2D eigenvalue weighted by Crippen LogP contribution is 2.37. The summed E-state index contributed by atoms with van der Waals surface area (Å²) >= 11 is 6.44. The second-order valence-electron chi connectivity index (χ2n) is 6.22. The summed E-state index contributed by atoms with van der Waals surface area (Å²) in [5.41, 5.74) is 0.929. The molecule has 0 aliphatic carbocycles. The molecule has 1 aromatic carbocycles. The fraction of sp³-hybridized carbons (Fsp3) is 0.421. The number of benzene rings is 1. The number of hydrogen-bond acceptors (Lipinski definition) is 5. The summed E-state index contributed by atoms with van der Waals surface area (Å²) in [5, 5.41) is 4.03. The maximum Gasteiger partial charge on any atom is 0.289 e. The largest absolute Gasteiger partial charge is 0.493 e. The van der Waals surface area contributed by atoms with Crippen molar-refractivity contribution >= 4 is 17.5 Å². The Morgan fingerprint density at radius 2 is 2.19 bits per heavy atom. The molecule has 1 aliphatic rings. The van der Waals surface area contributed by atoms with Crippen LogP contribution < -0.4 is 14.8 Å². The molecule has 0 radical (unpaired) electrons. The van der Waals surface area contributed by atoms with Gasteiger partial charge in [-0.15, -0.1) is 0 Å². The number of amides is 1. The molecule has 7 heteroatoms. The first kappa shape index (κ1) is 18.6. The highest BCUT2D eigenvalue weighted by Gasteiger charge is 2.26. The fourth-order valence-corrected chi connectivity index (χ4v) is 3.51. The van der Waals surface area contributed by atoms with Gasteiger partial charge in [-0.05, 0) is 36.6 Å². The van der Waals surface area contributed by atoms with Gasteiger partial charge in [0.05, 0.1) is 25.5 Å². The molecule has 6 nitrogen and oxygen atoms in total. The molecule has 1 N–H and O–H groups in total. The van der Waals surface area contributed by atoms with Crippen LogP contribution in [0.4, 0.5) is 0 Å². The summed E-state index contributed by atoms with van der Waals surface area (Å²) in [7, 11) is 3.15. The number of piperidine rings is 1. The van der Waals surface area contributed by atoms with Gasteiger partial charge in [-0.1, -0.05) is 17.7 Å². The molecule has 0 saturated carbocycles. The molecule has 0 spiro atoms. The predicted molar refractivity (Wildman–Crippen MR) is 99.0 cm³/mol. The lowest BCUT2D eigenvalue weighted by molar-refractivity contribution is 0.0662. The van der Waals surface area contributed by atoms with Crippen molar-refractivity contribution in [3.63, 3.8) is 0 Å². The summed E-state index contributed by atoms with van der Waals surface area (Å²) in [4.78, 5) is 14.3. The van der Waals surface area contributed by atoms with Crippen molar-refractivity contribution in [1.82, 2.24) is 10.2 Å². The molecule has 1 fully saturated rings. The lowest BCUT2D eigenvalue weighted by atomic mass is 10.0. The van der Waals surface area contributed by atoms with Crippen LogP contribution in [0.15, 0.2) is 34.9 Å². The van der Waals surface area contributed by atoms with E-state index in [-0.39, 0.29) is 11.9 Å². The Bertz CT molecular complexity index is 748. The average molecular weight is 379 g/mol. The highest BCUT2D eigenvalue weighted by molar-refractivity contribution is 6.33. The average Bonchev–Trinajstić information content (AvgIpc) is 3.21. The molecule has 1 amide bonds. The van der Waals surface area contributed by atoms with E-state index in [0.717, 1.165) is 24.9 Å². The van der Waals surface area contributed by atoms with Crippen molar-refractivity contribution in [2.45, 2.75) is 25.4 Å². The van der Waals surface area contributed by atoms with Gasteiger partial charge in [-0.3, -0.25) is 4.79 Å². The zero-order valence-corrected chi connectivity index (χ0v) is 15.7. The number of halogens is 1. The van der Waals surface area contributed by atoms with Gasteiger partial charge in [0.25, 0.3) is 5.91 Å². The van der Waals surface area contributed by atoms with Crippen LogP contribution in [-0.2, 0) is 6.54 Å². The van der Waals surface area contributed by atoms with Gasteiger partial charge in [-0.2, -0.15) is 0 Å². The third-order valence-corrected chi connectivity index (χ3v) is 5.00. The van der Waals surface area contributed by atoms with Gasteiger partial charge in [0.2, 0.25) is 0 Å². The molecule has 1 aromatic heterocycles. The van der Waals surface area contributed by atoms with Crippen LogP contribution in [0.5, 0.6) is 11.5 Å². The fourth-order valence-electron chi connectivity index (χ4n) is 3.21. The number of nitrogens with zero attached hydrogens (tertiary/aromatic N) is 1. The minimum Gasteiger partial charge on any atom is -0.493 e. The van der Waals surface area contributed by atoms with E-state index in [1.54, 1.807) is 26.4 Å². The van der Waals surface area contributed by atoms with Crippen LogP contribution in [0, 0.1) is 0 Å². The summed E-state index contributed by atoms with van der Waals surface area (Å²) in [6, 6.07) is 7.39. The Balaban J connectivity index is 1.62. The van der Waals surface area contributed by atoms with Crippen LogP contribution in [0.3, 0.4) is 0 Å². The molecular formula is C19H23ClN2O4. The molecule has 1 saturated heterocycles. The number of likely N-dealkylation sites (tertiary alicyclic amines) is 1. The zero-order chi connectivity index (χ0) is 18.5. The standard InChI is InChI=1S/C19H23ClN2O4/c1-24-15-8-7-13(17(20)18(15)25-2)11-21-14-5-3-9-22(12-14)19(23)16-6-4-10-26-16/h4,6-8,10,14,21H,3,5,9,11-12H2,1-2H3. The quantitative estimate of drug-likeness (QED) is 0.835. The van der Waals surface area contributed by atoms with Crippen molar-refractivity contribution < 1.29 is 18.7 Å². The number of ether oxygens (including phenoxy) is 2. The minimum atomic E-state index is -0.0642. The second kappa shape index (κ2) is 8.47. The molecular weight excluding hydrogens is 356 g/mol. The summed E-state index contributed by atoms with van der Waals surface area (Å²) in [6.07, 6.45) is 3.47. The molecule has 2 heterocycles. The van der Waals surface area contributed by atoms with Gasteiger partial charge in [0.15, 0.2) is 17.3 Å². The maximum absolute atomic E-state index is 12.4. The molecule has 0 bridgehead atoms. The number of rotatable bonds is 6. The minimum absolute atomic E-state index is 0.0642. The van der Waals surface area contributed by atoms with E-state index in [1.807, 2.05) is 17.0 Å². The topological polar surface area (TPSA) is 63.9 Å². The van der Waals surface area contributed by atoms with Crippen LogP contribution in [0.2, 0.25) is 5.02 Å². The Morgan fingerprint density at radius 1 is 1.35 bits per heavy atom. The van der Waals surface area contributed by atoms with Gasteiger partial charge in [-0.25, -0.2) is 0 Å². The van der Waals surface area contributed by atoms with E-state index in [0.29, 0.717) is 35.4 Å². The van der Waals surface area contributed by atoms with Crippen molar-refractivity contribution in [3.8, 4) is 11.5 Å². The predicted octanol–water partition coefficient (Wildman–Crippen LogP) is 3.34. The van der Waals surface area contributed by atoms with Crippen LogP contribution in [0.25, 0.3) is 0 Å². The lowest BCUT2D eigenvalue weighted by Crippen LogP contribution is -2.47. The summed E-state index contributed by atoms with van der Waals surface area (Å²) in [5.74, 6) is 1.46. The summed E-state index contributed by atoms with van der Waals surface area (Å²) in [6.45, 7) is 1.98. The molecule has 26 heavy (non-hydrogen) atoms. The Hall–Kier alpha value is -2.18. The van der Waals surface area contributed by atoms with Gasteiger partial charge >= 0.3 is 0 Å². The first-order valence-electron chi connectivity index (χ1n) is 8.59. The third kappa shape index (κ3) is 3.97. The second-order valence-corrected chi connectivity index (χ2v) is 6.60. The highest BCUT2D eigenvalue weighted by atomic mass is 35.5. The SMILES string of the molecule is COc1ccc(CNC2CCCN(C(=O)c3ccco3)C2)c(Cl)c1OC. The number of carbonyl (C=O) groups excluding carboxylic acids is 1. The van der Waals surface area contributed by atoms with Crippen molar-refractivity contribution in [2.75, 3.05) is 27.3 Å². The number of methoxy groups -OCH3 is 2. The van der Waals surface area contributed by atoms with E-state index in [2.05, 4.69) is 5.32 Å². The van der Waals surface area contributed by atoms with Gasteiger partial charge < -0.3 is 24.1 Å². The van der Waals surface area contributed by atoms with Crippen molar-refractivity contribution in [1.29, 1.82) is 0 Å². The van der Waals surface area contributed by atoms with Crippen molar-refractivity contribution in [3.05, 3.63) is 46.9 Å². The smallest absolute Gasteiger partial charge is 0.289 e. The Kier molecular flexibility index (Phi) is 6.06. The third-order valence-electron chi connectivity index (χ3n) is 4.59. The van der Waals surface area contributed by atoms with Crippen LogP contribution in [0.1, 0.15) is 29.0 Å². The Morgan fingerprint density at radius 3 is 2.88 bits per heavy atom.